The molecule has 0 fully saturated rings. The topological polar surface area (TPSA) is 98.0 Å². The van der Waals surface area contributed by atoms with E-state index in [2.05, 4.69) is 30.6 Å². The zero-order valence-corrected chi connectivity index (χ0v) is 14.5. The largest absolute Gasteiger partial charge is 0.398 e. The van der Waals surface area contributed by atoms with Gasteiger partial charge in [-0.15, -0.1) is 0 Å². The fraction of sp³-hybridized carbons (Fsp3) is 0.0909. The highest BCUT2D eigenvalue weighted by atomic mass is 79.9. The SMILES string of the molecule is Cc1cc(Br)c(N)cc1S(=O)(=O)Nc1ncnc(Cl)c1Cl. The Bertz CT molecular complexity index is 814. The number of hydrogen-bond donors (Lipinski definition) is 2. The number of sulfonamides is 1. The molecule has 0 bridgehead atoms. The van der Waals surface area contributed by atoms with Gasteiger partial charge in [-0.05, 0) is 40.5 Å². The summed E-state index contributed by atoms with van der Waals surface area (Å²) in [4.78, 5) is 7.43. The molecule has 6 nitrogen and oxygen atoms in total. The Morgan fingerprint density at radius 3 is 2.62 bits per heavy atom. The van der Waals surface area contributed by atoms with Crippen molar-refractivity contribution in [1.82, 2.24) is 9.97 Å². The van der Waals surface area contributed by atoms with E-state index in [0.717, 1.165) is 6.33 Å². The van der Waals surface area contributed by atoms with Crippen molar-refractivity contribution < 1.29 is 8.42 Å². The molecule has 10 heteroatoms. The van der Waals surface area contributed by atoms with Crippen molar-refractivity contribution in [2.24, 2.45) is 0 Å². The molecule has 0 saturated heterocycles. The van der Waals surface area contributed by atoms with E-state index in [4.69, 9.17) is 28.9 Å². The molecule has 0 aliphatic carbocycles. The molecule has 0 radical (unpaired) electrons. The van der Waals surface area contributed by atoms with Crippen LogP contribution in [0.5, 0.6) is 0 Å². The highest BCUT2D eigenvalue weighted by Gasteiger charge is 2.21. The first-order valence-electron chi connectivity index (χ1n) is 5.47. The summed E-state index contributed by atoms with van der Waals surface area (Å²) in [5.74, 6) is -0.0995. The van der Waals surface area contributed by atoms with Gasteiger partial charge in [-0.25, -0.2) is 18.4 Å². The molecule has 0 atom stereocenters. The number of nitrogens with one attached hydrogen (secondary N) is 1. The summed E-state index contributed by atoms with van der Waals surface area (Å²) in [6.45, 7) is 1.65. The first-order valence-corrected chi connectivity index (χ1v) is 8.50. The molecule has 0 amide bonds. The Hall–Kier alpha value is -1.09. The van der Waals surface area contributed by atoms with E-state index in [9.17, 15) is 8.42 Å². The van der Waals surface area contributed by atoms with Crippen LogP contribution in [0.15, 0.2) is 27.8 Å². The van der Waals surface area contributed by atoms with Crippen molar-refractivity contribution in [2.75, 3.05) is 10.5 Å². The van der Waals surface area contributed by atoms with E-state index in [1.807, 2.05) is 0 Å². The molecule has 1 aromatic heterocycles. The van der Waals surface area contributed by atoms with Gasteiger partial charge in [0.1, 0.15) is 11.3 Å². The molecule has 3 N–H and O–H groups in total. The van der Waals surface area contributed by atoms with E-state index < -0.39 is 10.0 Å². The first kappa shape index (κ1) is 16.3. The Morgan fingerprint density at radius 1 is 1.29 bits per heavy atom. The fourth-order valence-corrected chi connectivity index (χ4v) is 3.64. The number of halogens is 3. The maximum atomic E-state index is 12.4. The van der Waals surface area contributed by atoms with Crippen molar-refractivity contribution >= 4 is 60.7 Å². The van der Waals surface area contributed by atoms with Crippen LogP contribution in [-0.2, 0) is 10.0 Å². The molecule has 21 heavy (non-hydrogen) atoms. The van der Waals surface area contributed by atoms with Gasteiger partial charge in [0, 0.05) is 10.2 Å². The zero-order valence-electron chi connectivity index (χ0n) is 10.6. The lowest BCUT2D eigenvalue weighted by Gasteiger charge is -2.12. The third-order valence-corrected chi connectivity index (χ3v) is 5.47. The minimum atomic E-state index is -3.91. The average molecular weight is 412 g/mol. The molecular weight excluding hydrogens is 403 g/mol. The van der Waals surface area contributed by atoms with Crippen molar-refractivity contribution in [1.29, 1.82) is 0 Å². The number of aryl methyl sites for hydroxylation is 1. The molecule has 0 aliphatic rings. The van der Waals surface area contributed by atoms with Gasteiger partial charge in [0.15, 0.2) is 11.0 Å². The van der Waals surface area contributed by atoms with E-state index in [1.54, 1.807) is 13.0 Å². The smallest absolute Gasteiger partial charge is 0.263 e. The number of nitrogen functional groups attached to an aromatic ring is 1. The molecular formula is C11H9BrCl2N4O2S. The van der Waals surface area contributed by atoms with Crippen LogP contribution in [0.4, 0.5) is 11.5 Å². The third-order valence-electron chi connectivity index (χ3n) is 2.56. The highest BCUT2D eigenvalue weighted by Crippen LogP contribution is 2.30. The van der Waals surface area contributed by atoms with Crippen LogP contribution in [0.25, 0.3) is 0 Å². The molecule has 2 aromatic rings. The van der Waals surface area contributed by atoms with Crippen LogP contribution in [0.1, 0.15) is 5.56 Å². The Balaban J connectivity index is 2.48. The summed E-state index contributed by atoms with van der Waals surface area (Å²) >= 11 is 14.8. The number of anilines is 2. The summed E-state index contributed by atoms with van der Waals surface area (Å²) in [5.41, 5.74) is 6.53. The van der Waals surface area contributed by atoms with Gasteiger partial charge in [-0.3, -0.25) is 4.72 Å². The lowest BCUT2D eigenvalue weighted by molar-refractivity contribution is 0.600. The first-order chi connectivity index (χ1) is 9.72. The van der Waals surface area contributed by atoms with Gasteiger partial charge < -0.3 is 5.73 Å². The number of nitrogens with zero attached hydrogens (tertiary/aromatic N) is 2. The molecule has 0 unspecified atom stereocenters. The van der Waals surface area contributed by atoms with Gasteiger partial charge in [0.2, 0.25) is 0 Å². The van der Waals surface area contributed by atoms with Crippen LogP contribution in [0.3, 0.4) is 0 Å². The number of aromatic nitrogens is 2. The summed E-state index contributed by atoms with van der Waals surface area (Å²) in [7, 11) is -3.91. The maximum Gasteiger partial charge on any atom is 0.263 e. The number of rotatable bonds is 3. The van der Waals surface area contributed by atoms with E-state index in [-0.39, 0.29) is 20.9 Å². The molecule has 0 spiro atoms. The van der Waals surface area contributed by atoms with Gasteiger partial charge >= 0.3 is 0 Å². The molecule has 0 aliphatic heterocycles. The fourth-order valence-electron chi connectivity index (χ4n) is 1.56. The van der Waals surface area contributed by atoms with Crippen LogP contribution < -0.4 is 10.5 Å². The van der Waals surface area contributed by atoms with Crippen LogP contribution in [0, 0.1) is 6.92 Å². The van der Waals surface area contributed by atoms with Crippen LogP contribution in [-0.4, -0.2) is 18.4 Å². The minimum Gasteiger partial charge on any atom is -0.398 e. The summed E-state index contributed by atoms with van der Waals surface area (Å²) in [6, 6.07) is 2.96. The van der Waals surface area contributed by atoms with Crippen LogP contribution in [0.2, 0.25) is 10.2 Å². The second kappa shape index (κ2) is 5.96. The van der Waals surface area contributed by atoms with E-state index in [0.29, 0.717) is 15.7 Å². The molecule has 2 rings (SSSR count). The van der Waals surface area contributed by atoms with Crippen molar-refractivity contribution in [3.05, 3.63) is 38.7 Å². The lowest BCUT2D eigenvalue weighted by Crippen LogP contribution is -2.16. The predicted octanol–water partition coefficient (Wildman–Crippen LogP) is 3.24. The van der Waals surface area contributed by atoms with Crippen molar-refractivity contribution in [3.8, 4) is 0 Å². The van der Waals surface area contributed by atoms with Crippen molar-refractivity contribution in [3.63, 3.8) is 0 Å². The van der Waals surface area contributed by atoms with E-state index >= 15 is 0 Å². The minimum absolute atomic E-state index is 0.0222. The molecule has 0 saturated carbocycles. The van der Waals surface area contributed by atoms with Gasteiger partial charge in [-0.2, -0.15) is 0 Å². The van der Waals surface area contributed by atoms with Crippen LogP contribution >= 0.6 is 39.1 Å². The Labute approximate surface area is 139 Å². The summed E-state index contributed by atoms with van der Waals surface area (Å²) in [5, 5.41) is -0.123. The van der Waals surface area contributed by atoms with Gasteiger partial charge in [0.05, 0.1) is 4.90 Å². The van der Waals surface area contributed by atoms with Gasteiger partial charge in [-0.1, -0.05) is 23.2 Å². The molecule has 1 aromatic carbocycles. The standard InChI is InChI=1S/C11H9BrCl2N4O2S/c1-5-2-6(12)7(15)3-8(5)21(19,20)18-11-9(13)10(14)16-4-17-11/h2-4H,15H2,1H3,(H,16,17,18). The second-order valence-electron chi connectivity index (χ2n) is 4.07. The lowest BCUT2D eigenvalue weighted by atomic mass is 10.2. The monoisotopic (exact) mass is 410 g/mol. The zero-order chi connectivity index (χ0) is 15.8. The molecule has 112 valence electrons. The third kappa shape index (κ3) is 3.39. The Morgan fingerprint density at radius 2 is 1.95 bits per heavy atom. The van der Waals surface area contributed by atoms with E-state index in [1.165, 1.54) is 6.07 Å². The second-order valence-corrected chi connectivity index (χ2v) is 7.31. The maximum absolute atomic E-state index is 12.4. The summed E-state index contributed by atoms with van der Waals surface area (Å²) < 4.78 is 27.7. The molecule has 1 heterocycles. The Kier molecular flexibility index (Phi) is 4.62. The number of benzene rings is 1. The number of nitrogens with two attached hydrogens (primary N) is 1. The van der Waals surface area contributed by atoms with Crippen molar-refractivity contribution in [2.45, 2.75) is 11.8 Å². The predicted molar refractivity (Wildman–Crippen MR) is 86.2 cm³/mol. The average Bonchev–Trinajstić information content (AvgIpc) is 2.39. The van der Waals surface area contributed by atoms with Gasteiger partial charge in [0.25, 0.3) is 10.0 Å². The number of hydrogen-bond acceptors (Lipinski definition) is 5. The quantitative estimate of drug-likeness (QED) is 0.596. The normalized spacial score (nSPS) is 11.4. The highest BCUT2D eigenvalue weighted by molar-refractivity contribution is 9.10. The summed E-state index contributed by atoms with van der Waals surface area (Å²) in [6.07, 6.45) is 1.11.